The second-order valence-corrected chi connectivity index (χ2v) is 3.56. The van der Waals surface area contributed by atoms with Crippen LogP contribution < -0.4 is 10.6 Å². The van der Waals surface area contributed by atoms with E-state index in [1.165, 1.54) is 6.07 Å². The van der Waals surface area contributed by atoms with Gasteiger partial charge in [-0.3, -0.25) is 14.9 Å². The van der Waals surface area contributed by atoms with Gasteiger partial charge in [-0.25, -0.2) is 0 Å². The topological polar surface area (TPSA) is 84.3 Å². The van der Waals surface area contributed by atoms with Crippen LogP contribution in [0.3, 0.4) is 0 Å². The van der Waals surface area contributed by atoms with Gasteiger partial charge in [0.05, 0.1) is 4.92 Å². The Morgan fingerprint density at radius 1 is 1.47 bits per heavy atom. The molecule has 0 atom stereocenters. The number of nitro groups is 1. The Morgan fingerprint density at radius 3 is 2.76 bits per heavy atom. The predicted octanol–water partition coefficient (Wildman–Crippen LogP) is 1.45. The van der Waals surface area contributed by atoms with Crippen LogP contribution in [0.5, 0.6) is 0 Å². The molecule has 17 heavy (non-hydrogen) atoms. The molecule has 1 aromatic rings. The highest BCUT2D eigenvalue weighted by molar-refractivity contribution is 5.76. The summed E-state index contributed by atoms with van der Waals surface area (Å²) in [5.74, 6) is -0.0689. The van der Waals surface area contributed by atoms with Crippen LogP contribution in [0.25, 0.3) is 0 Å². The fraction of sp³-hybridized carbons (Fsp3) is 0.364. The molecule has 0 heterocycles. The van der Waals surface area contributed by atoms with Crippen LogP contribution in [0, 0.1) is 17.0 Å². The van der Waals surface area contributed by atoms with Gasteiger partial charge in [-0.2, -0.15) is 0 Å². The number of rotatable bonds is 5. The molecule has 92 valence electrons. The Bertz CT molecular complexity index is 432. The lowest BCUT2D eigenvalue weighted by Crippen LogP contribution is -2.21. The molecule has 0 saturated carbocycles. The van der Waals surface area contributed by atoms with Crippen molar-refractivity contribution >= 4 is 17.3 Å². The predicted molar refractivity (Wildman–Crippen MR) is 65.0 cm³/mol. The monoisotopic (exact) mass is 237 g/mol. The van der Waals surface area contributed by atoms with Gasteiger partial charge in [-0.05, 0) is 13.0 Å². The summed E-state index contributed by atoms with van der Waals surface area (Å²) < 4.78 is 0. The van der Waals surface area contributed by atoms with Crippen molar-refractivity contribution in [1.82, 2.24) is 5.32 Å². The molecule has 6 nitrogen and oxygen atoms in total. The molecule has 0 spiro atoms. The standard InChI is InChI=1S/C11H15N3O3/c1-8-9(13-7-6-11(15)12-2)4-3-5-10(8)14(16)17/h3-5,13H,6-7H2,1-2H3,(H,12,15). The molecule has 6 heteroatoms. The van der Waals surface area contributed by atoms with Gasteiger partial charge in [0, 0.05) is 37.3 Å². The minimum absolute atomic E-state index is 0.0689. The molecule has 0 bridgehead atoms. The second kappa shape index (κ2) is 5.83. The van der Waals surface area contributed by atoms with E-state index in [0.717, 1.165) is 0 Å². The zero-order valence-electron chi connectivity index (χ0n) is 9.82. The van der Waals surface area contributed by atoms with E-state index in [0.29, 0.717) is 24.2 Å². The van der Waals surface area contributed by atoms with E-state index < -0.39 is 4.92 Å². The van der Waals surface area contributed by atoms with Crippen molar-refractivity contribution in [3.05, 3.63) is 33.9 Å². The third-order valence-corrected chi connectivity index (χ3v) is 2.45. The zero-order valence-corrected chi connectivity index (χ0v) is 9.82. The fourth-order valence-electron chi connectivity index (χ4n) is 1.45. The van der Waals surface area contributed by atoms with Gasteiger partial charge in [-0.1, -0.05) is 6.07 Å². The lowest BCUT2D eigenvalue weighted by Gasteiger charge is -2.08. The molecule has 0 aromatic heterocycles. The third-order valence-electron chi connectivity index (χ3n) is 2.45. The van der Waals surface area contributed by atoms with E-state index in [-0.39, 0.29) is 11.6 Å². The van der Waals surface area contributed by atoms with E-state index in [9.17, 15) is 14.9 Å². The molecule has 2 N–H and O–H groups in total. The maximum Gasteiger partial charge on any atom is 0.274 e. The van der Waals surface area contributed by atoms with Crippen LogP contribution in [0.1, 0.15) is 12.0 Å². The first-order valence-corrected chi connectivity index (χ1v) is 5.24. The highest BCUT2D eigenvalue weighted by Gasteiger charge is 2.12. The average Bonchev–Trinajstić information content (AvgIpc) is 2.30. The lowest BCUT2D eigenvalue weighted by molar-refractivity contribution is -0.385. The highest BCUT2D eigenvalue weighted by atomic mass is 16.6. The molecule has 1 rings (SSSR count). The maximum atomic E-state index is 11.0. The average molecular weight is 237 g/mol. The Balaban J connectivity index is 2.69. The van der Waals surface area contributed by atoms with Gasteiger partial charge in [0.1, 0.15) is 0 Å². The number of hydrogen-bond acceptors (Lipinski definition) is 4. The highest BCUT2D eigenvalue weighted by Crippen LogP contribution is 2.24. The molecule has 1 amide bonds. The first kappa shape index (κ1) is 13.0. The van der Waals surface area contributed by atoms with Crippen molar-refractivity contribution in [2.45, 2.75) is 13.3 Å². The summed E-state index contributed by atoms with van der Waals surface area (Å²) in [7, 11) is 1.57. The number of anilines is 1. The van der Waals surface area contributed by atoms with Gasteiger partial charge < -0.3 is 10.6 Å². The smallest absolute Gasteiger partial charge is 0.274 e. The van der Waals surface area contributed by atoms with Crippen LogP contribution in [0.4, 0.5) is 11.4 Å². The van der Waals surface area contributed by atoms with E-state index in [1.807, 2.05) is 0 Å². The summed E-state index contributed by atoms with van der Waals surface area (Å²) in [5.41, 5.74) is 1.34. The van der Waals surface area contributed by atoms with E-state index in [2.05, 4.69) is 10.6 Å². The summed E-state index contributed by atoms with van der Waals surface area (Å²) in [4.78, 5) is 21.3. The van der Waals surface area contributed by atoms with Gasteiger partial charge in [-0.15, -0.1) is 0 Å². The number of carbonyl (C=O) groups excluding carboxylic acids is 1. The van der Waals surface area contributed by atoms with Gasteiger partial charge in [0.2, 0.25) is 5.91 Å². The number of amides is 1. The second-order valence-electron chi connectivity index (χ2n) is 3.56. The molecule has 0 aliphatic heterocycles. The molecule has 0 aliphatic rings. The number of nitrogens with one attached hydrogen (secondary N) is 2. The first-order chi connectivity index (χ1) is 8.06. The molecule has 0 radical (unpaired) electrons. The van der Waals surface area contributed by atoms with E-state index in [1.54, 1.807) is 26.1 Å². The van der Waals surface area contributed by atoms with Gasteiger partial charge >= 0.3 is 0 Å². The number of carbonyl (C=O) groups is 1. The van der Waals surface area contributed by atoms with Crippen LogP contribution in [0.15, 0.2) is 18.2 Å². The summed E-state index contributed by atoms with van der Waals surface area (Å²) >= 11 is 0. The Labute approximate surface area is 99.2 Å². The molecule has 0 aliphatic carbocycles. The Morgan fingerprint density at radius 2 is 2.18 bits per heavy atom. The van der Waals surface area contributed by atoms with Crippen molar-refractivity contribution in [2.24, 2.45) is 0 Å². The largest absolute Gasteiger partial charge is 0.384 e. The molecule has 0 unspecified atom stereocenters. The quantitative estimate of drug-likeness (QED) is 0.599. The third kappa shape index (κ3) is 3.44. The number of nitrogens with zero attached hydrogens (tertiary/aromatic N) is 1. The number of benzene rings is 1. The van der Waals surface area contributed by atoms with Crippen molar-refractivity contribution < 1.29 is 9.72 Å². The van der Waals surface area contributed by atoms with Crippen molar-refractivity contribution in [2.75, 3.05) is 18.9 Å². The van der Waals surface area contributed by atoms with Gasteiger partial charge in [0.15, 0.2) is 0 Å². The minimum atomic E-state index is -0.417. The molecule has 1 aromatic carbocycles. The molecular formula is C11H15N3O3. The summed E-state index contributed by atoms with van der Waals surface area (Å²) in [5, 5.41) is 16.2. The first-order valence-electron chi connectivity index (χ1n) is 5.24. The van der Waals surface area contributed by atoms with E-state index >= 15 is 0 Å². The Hall–Kier alpha value is -2.11. The van der Waals surface area contributed by atoms with Crippen LogP contribution >= 0.6 is 0 Å². The SMILES string of the molecule is CNC(=O)CCNc1cccc([N+](=O)[O-])c1C. The summed E-state index contributed by atoms with van der Waals surface area (Å²) in [6, 6.07) is 4.83. The van der Waals surface area contributed by atoms with Crippen molar-refractivity contribution in [3.8, 4) is 0 Å². The normalized spacial score (nSPS) is 9.76. The van der Waals surface area contributed by atoms with Crippen molar-refractivity contribution in [1.29, 1.82) is 0 Å². The minimum Gasteiger partial charge on any atom is -0.384 e. The van der Waals surface area contributed by atoms with Crippen LogP contribution in [0.2, 0.25) is 0 Å². The summed E-state index contributed by atoms with van der Waals surface area (Å²) in [6.45, 7) is 2.13. The lowest BCUT2D eigenvalue weighted by atomic mass is 10.1. The maximum absolute atomic E-state index is 11.0. The van der Waals surface area contributed by atoms with Gasteiger partial charge in [0.25, 0.3) is 5.69 Å². The van der Waals surface area contributed by atoms with Crippen LogP contribution in [-0.2, 0) is 4.79 Å². The van der Waals surface area contributed by atoms with Crippen molar-refractivity contribution in [3.63, 3.8) is 0 Å². The molecule has 0 saturated heterocycles. The Kier molecular flexibility index (Phi) is 4.45. The van der Waals surface area contributed by atoms with E-state index in [4.69, 9.17) is 0 Å². The summed E-state index contributed by atoms with van der Waals surface area (Å²) in [6.07, 6.45) is 0.332. The fourth-order valence-corrected chi connectivity index (χ4v) is 1.45. The molecule has 0 fully saturated rings. The van der Waals surface area contributed by atoms with Crippen LogP contribution in [-0.4, -0.2) is 24.4 Å². The number of nitro benzene ring substituents is 1. The molecular weight excluding hydrogens is 222 g/mol. The zero-order chi connectivity index (χ0) is 12.8. The number of hydrogen-bond donors (Lipinski definition) is 2.